The van der Waals surface area contributed by atoms with Crippen LogP contribution in [0.5, 0.6) is 0 Å². The first-order valence-corrected chi connectivity index (χ1v) is 5.86. The summed E-state index contributed by atoms with van der Waals surface area (Å²) in [5, 5.41) is 13.2. The Hall–Kier alpha value is -2.47. The topological polar surface area (TPSA) is 72.2 Å². The number of hydrogen-bond donors (Lipinski definition) is 1. The molecule has 0 spiro atoms. The molecule has 102 valence electrons. The van der Waals surface area contributed by atoms with Crippen molar-refractivity contribution in [3.8, 4) is 0 Å². The average Bonchev–Trinajstić information content (AvgIpc) is 2.41. The van der Waals surface area contributed by atoms with Gasteiger partial charge in [-0.05, 0) is 18.2 Å². The highest BCUT2D eigenvalue weighted by Gasteiger charge is 2.16. The highest BCUT2D eigenvalue weighted by atomic mass is 35.5. The van der Waals surface area contributed by atoms with Gasteiger partial charge in [0.15, 0.2) is 0 Å². The molecule has 0 saturated heterocycles. The quantitative estimate of drug-likeness (QED) is 0.694. The van der Waals surface area contributed by atoms with Crippen LogP contribution >= 0.6 is 11.6 Å². The standard InChI is InChI=1S/C13H8ClFN2O3/c14-10-3-1-2-4-12(10)16-13(18)9-6-5-8(17(19)20)7-11(9)15/h1-7H,(H,16,18). The molecule has 0 saturated carbocycles. The van der Waals surface area contributed by atoms with Crippen LogP contribution in [0, 0.1) is 15.9 Å². The number of rotatable bonds is 3. The van der Waals surface area contributed by atoms with E-state index in [1.807, 2.05) is 0 Å². The molecule has 0 unspecified atom stereocenters. The summed E-state index contributed by atoms with van der Waals surface area (Å²) < 4.78 is 13.7. The van der Waals surface area contributed by atoms with Gasteiger partial charge in [0.1, 0.15) is 5.82 Å². The van der Waals surface area contributed by atoms with E-state index < -0.39 is 22.3 Å². The van der Waals surface area contributed by atoms with E-state index in [4.69, 9.17) is 11.6 Å². The molecular weight excluding hydrogens is 287 g/mol. The number of nitro benzene ring substituents is 1. The number of benzene rings is 2. The van der Waals surface area contributed by atoms with E-state index in [1.54, 1.807) is 24.3 Å². The van der Waals surface area contributed by atoms with Crippen molar-refractivity contribution >= 4 is 28.9 Å². The zero-order valence-electron chi connectivity index (χ0n) is 9.97. The van der Waals surface area contributed by atoms with E-state index in [9.17, 15) is 19.3 Å². The van der Waals surface area contributed by atoms with Crippen molar-refractivity contribution in [2.45, 2.75) is 0 Å². The van der Waals surface area contributed by atoms with E-state index in [0.717, 1.165) is 12.1 Å². The highest BCUT2D eigenvalue weighted by molar-refractivity contribution is 6.33. The lowest BCUT2D eigenvalue weighted by Crippen LogP contribution is -2.14. The first-order chi connectivity index (χ1) is 9.49. The normalized spacial score (nSPS) is 10.1. The van der Waals surface area contributed by atoms with Gasteiger partial charge in [-0.15, -0.1) is 0 Å². The molecule has 0 aliphatic heterocycles. The zero-order chi connectivity index (χ0) is 14.7. The third-order valence-electron chi connectivity index (χ3n) is 2.53. The van der Waals surface area contributed by atoms with Crippen LogP contribution in [0.1, 0.15) is 10.4 Å². The van der Waals surface area contributed by atoms with Crippen molar-refractivity contribution in [3.05, 3.63) is 69.0 Å². The van der Waals surface area contributed by atoms with Crippen LogP contribution < -0.4 is 5.32 Å². The lowest BCUT2D eigenvalue weighted by Gasteiger charge is -2.07. The van der Waals surface area contributed by atoms with E-state index in [2.05, 4.69) is 5.32 Å². The van der Waals surface area contributed by atoms with Gasteiger partial charge in [0.25, 0.3) is 11.6 Å². The Morgan fingerprint density at radius 1 is 1.25 bits per heavy atom. The molecule has 0 atom stereocenters. The number of carbonyl (C=O) groups is 1. The molecule has 0 radical (unpaired) electrons. The number of para-hydroxylation sites is 1. The molecule has 0 aromatic heterocycles. The fourth-order valence-corrected chi connectivity index (χ4v) is 1.74. The van der Waals surface area contributed by atoms with Crippen LogP contribution in [-0.4, -0.2) is 10.8 Å². The van der Waals surface area contributed by atoms with Crippen molar-refractivity contribution in [1.29, 1.82) is 0 Å². The molecule has 2 aromatic carbocycles. The van der Waals surface area contributed by atoms with Crippen LogP contribution in [0.25, 0.3) is 0 Å². The number of nitrogens with zero attached hydrogens (tertiary/aromatic N) is 1. The van der Waals surface area contributed by atoms with Crippen LogP contribution in [0.2, 0.25) is 5.02 Å². The fraction of sp³-hybridized carbons (Fsp3) is 0. The second-order valence-electron chi connectivity index (χ2n) is 3.86. The van der Waals surface area contributed by atoms with Crippen LogP contribution in [0.4, 0.5) is 15.8 Å². The van der Waals surface area contributed by atoms with Gasteiger partial charge in [-0.2, -0.15) is 0 Å². The number of nitrogens with one attached hydrogen (secondary N) is 1. The van der Waals surface area contributed by atoms with Crippen LogP contribution in [-0.2, 0) is 0 Å². The highest BCUT2D eigenvalue weighted by Crippen LogP contribution is 2.22. The van der Waals surface area contributed by atoms with Crippen molar-refractivity contribution in [2.75, 3.05) is 5.32 Å². The largest absolute Gasteiger partial charge is 0.321 e. The molecule has 2 rings (SSSR count). The monoisotopic (exact) mass is 294 g/mol. The van der Waals surface area contributed by atoms with E-state index in [-0.39, 0.29) is 5.56 Å². The van der Waals surface area contributed by atoms with Crippen molar-refractivity contribution < 1.29 is 14.1 Å². The Bertz CT molecular complexity index is 691. The molecule has 0 aliphatic rings. The maximum absolute atomic E-state index is 13.7. The number of carbonyl (C=O) groups excluding carboxylic acids is 1. The Labute approximate surface area is 118 Å². The minimum absolute atomic E-state index is 0.296. The number of nitro groups is 1. The second kappa shape index (κ2) is 5.66. The lowest BCUT2D eigenvalue weighted by molar-refractivity contribution is -0.385. The van der Waals surface area contributed by atoms with Gasteiger partial charge in [-0.1, -0.05) is 23.7 Å². The number of halogens is 2. The predicted octanol–water partition coefficient (Wildman–Crippen LogP) is 3.64. The third kappa shape index (κ3) is 2.92. The molecule has 2 aromatic rings. The molecule has 1 amide bonds. The van der Waals surface area contributed by atoms with Crippen molar-refractivity contribution in [1.82, 2.24) is 0 Å². The maximum atomic E-state index is 13.7. The van der Waals surface area contributed by atoms with E-state index >= 15 is 0 Å². The van der Waals surface area contributed by atoms with Gasteiger partial charge in [0.05, 0.1) is 27.3 Å². The van der Waals surface area contributed by atoms with Gasteiger partial charge >= 0.3 is 0 Å². The van der Waals surface area contributed by atoms with Crippen molar-refractivity contribution in [3.63, 3.8) is 0 Å². The minimum Gasteiger partial charge on any atom is -0.321 e. The van der Waals surface area contributed by atoms with Gasteiger partial charge in [0, 0.05) is 6.07 Å². The van der Waals surface area contributed by atoms with E-state index in [1.165, 1.54) is 0 Å². The summed E-state index contributed by atoms with van der Waals surface area (Å²) in [5.41, 5.74) is -0.385. The van der Waals surface area contributed by atoms with Gasteiger partial charge < -0.3 is 5.32 Å². The lowest BCUT2D eigenvalue weighted by atomic mass is 10.1. The first kappa shape index (κ1) is 14.0. The Balaban J connectivity index is 2.26. The molecule has 0 bridgehead atoms. The smallest absolute Gasteiger partial charge is 0.272 e. The molecule has 1 N–H and O–H groups in total. The molecule has 20 heavy (non-hydrogen) atoms. The SMILES string of the molecule is O=C(Nc1ccccc1Cl)c1ccc([N+](=O)[O-])cc1F. The van der Waals surface area contributed by atoms with E-state index in [0.29, 0.717) is 16.8 Å². The van der Waals surface area contributed by atoms with Crippen LogP contribution in [0.3, 0.4) is 0 Å². The fourth-order valence-electron chi connectivity index (χ4n) is 1.55. The maximum Gasteiger partial charge on any atom is 0.272 e. The van der Waals surface area contributed by atoms with Gasteiger partial charge in [-0.25, -0.2) is 4.39 Å². The predicted molar refractivity (Wildman–Crippen MR) is 72.5 cm³/mol. The molecule has 0 heterocycles. The zero-order valence-corrected chi connectivity index (χ0v) is 10.7. The molecule has 0 aliphatic carbocycles. The molecule has 7 heteroatoms. The number of anilines is 1. The number of non-ortho nitro benzene ring substituents is 1. The minimum atomic E-state index is -0.969. The Kier molecular flexibility index (Phi) is 3.95. The van der Waals surface area contributed by atoms with Gasteiger partial charge in [0.2, 0.25) is 0 Å². The van der Waals surface area contributed by atoms with Crippen molar-refractivity contribution in [2.24, 2.45) is 0 Å². The second-order valence-corrected chi connectivity index (χ2v) is 4.26. The summed E-state index contributed by atoms with van der Waals surface area (Å²) in [5.74, 6) is -1.70. The third-order valence-corrected chi connectivity index (χ3v) is 2.86. The summed E-state index contributed by atoms with van der Waals surface area (Å²) >= 11 is 5.86. The number of hydrogen-bond acceptors (Lipinski definition) is 3. The summed E-state index contributed by atoms with van der Waals surface area (Å²) in [6.45, 7) is 0. The molecular formula is C13H8ClFN2O3. The first-order valence-electron chi connectivity index (χ1n) is 5.49. The summed E-state index contributed by atoms with van der Waals surface area (Å²) in [6, 6.07) is 9.29. The Morgan fingerprint density at radius 2 is 1.95 bits per heavy atom. The van der Waals surface area contributed by atoms with Gasteiger partial charge in [-0.3, -0.25) is 14.9 Å². The molecule has 5 nitrogen and oxygen atoms in total. The summed E-state index contributed by atoms with van der Waals surface area (Å²) in [4.78, 5) is 21.6. The summed E-state index contributed by atoms with van der Waals surface area (Å²) in [7, 11) is 0. The van der Waals surface area contributed by atoms with Crippen LogP contribution in [0.15, 0.2) is 42.5 Å². The molecule has 0 fully saturated rings. The average molecular weight is 295 g/mol. The Morgan fingerprint density at radius 3 is 2.55 bits per heavy atom. The summed E-state index contributed by atoms with van der Waals surface area (Å²) in [6.07, 6.45) is 0. The number of amides is 1.